The van der Waals surface area contributed by atoms with E-state index in [9.17, 15) is 14.4 Å². The molecule has 0 spiro atoms. The first-order valence-corrected chi connectivity index (χ1v) is 7.58. The van der Waals surface area contributed by atoms with Crippen LogP contribution >= 0.6 is 0 Å². The Morgan fingerprint density at radius 1 is 0.800 bits per heavy atom. The van der Waals surface area contributed by atoms with Gasteiger partial charge in [-0.3, -0.25) is 9.59 Å². The van der Waals surface area contributed by atoms with Gasteiger partial charge in [0.1, 0.15) is 5.75 Å². The summed E-state index contributed by atoms with van der Waals surface area (Å²) in [5.41, 5.74) is 0.944. The maximum atomic E-state index is 12.9. The highest BCUT2D eigenvalue weighted by atomic mass is 16.5. The van der Waals surface area contributed by atoms with E-state index in [-0.39, 0.29) is 33.8 Å². The monoisotopic (exact) mass is 332 g/mol. The van der Waals surface area contributed by atoms with Gasteiger partial charge in [-0.05, 0) is 53.2 Å². The number of carbonyl (C=O) groups excluding carboxylic acids is 2. The summed E-state index contributed by atoms with van der Waals surface area (Å²) in [6.07, 6.45) is 0. The highest BCUT2D eigenvalue weighted by molar-refractivity contribution is 6.29. The van der Waals surface area contributed by atoms with Crippen LogP contribution in [-0.4, -0.2) is 29.8 Å². The zero-order valence-electron chi connectivity index (χ0n) is 13.2. The average molecular weight is 332 g/mol. The Morgan fingerprint density at radius 2 is 1.44 bits per heavy atom. The molecule has 1 aliphatic carbocycles. The van der Waals surface area contributed by atoms with Crippen LogP contribution in [0.2, 0.25) is 0 Å². The number of ether oxygens (including phenoxy) is 1. The van der Waals surface area contributed by atoms with Crippen LogP contribution in [0.4, 0.5) is 0 Å². The predicted molar refractivity (Wildman–Crippen MR) is 90.8 cm³/mol. The summed E-state index contributed by atoms with van der Waals surface area (Å²) in [6.45, 7) is 0. The van der Waals surface area contributed by atoms with Crippen molar-refractivity contribution in [3.8, 4) is 5.75 Å². The molecule has 0 aromatic heterocycles. The first-order chi connectivity index (χ1) is 12.0. The normalized spacial score (nSPS) is 12.7. The maximum absolute atomic E-state index is 12.9. The van der Waals surface area contributed by atoms with Gasteiger partial charge in [-0.25, -0.2) is 4.79 Å². The topological polar surface area (TPSA) is 80.7 Å². The van der Waals surface area contributed by atoms with Gasteiger partial charge in [0.15, 0.2) is 11.6 Å². The van der Waals surface area contributed by atoms with Crippen LogP contribution in [0.5, 0.6) is 5.75 Å². The minimum absolute atomic E-state index is 0.0224. The third-order valence-electron chi connectivity index (χ3n) is 4.43. The number of carbonyl (C=O) groups is 3. The van der Waals surface area contributed by atoms with Gasteiger partial charge in [0.05, 0.1) is 12.7 Å². The fraction of sp³-hybridized carbons (Fsp3) is 0.0500. The highest BCUT2D eigenvalue weighted by Gasteiger charge is 2.30. The van der Waals surface area contributed by atoms with Gasteiger partial charge in [-0.15, -0.1) is 0 Å². The van der Waals surface area contributed by atoms with Crippen molar-refractivity contribution in [1.29, 1.82) is 0 Å². The fourth-order valence-corrected chi connectivity index (χ4v) is 3.13. The quantitative estimate of drug-likeness (QED) is 0.609. The predicted octanol–water partition coefficient (Wildman–Crippen LogP) is 3.32. The van der Waals surface area contributed by atoms with Crippen molar-refractivity contribution >= 4 is 28.3 Å². The maximum Gasteiger partial charge on any atom is 0.335 e. The van der Waals surface area contributed by atoms with E-state index in [4.69, 9.17) is 9.84 Å². The lowest BCUT2D eigenvalue weighted by molar-refractivity contribution is 0.0696. The molecular formula is C20H12O5. The summed E-state index contributed by atoms with van der Waals surface area (Å²) in [7, 11) is 1.55. The Kier molecular flexibility index (Phi) is 3.18. The van der Waals surface area contributed by atoms with Crippen LogP contribution in [-0.2, 0) is 0 Å². The number of carboxylic acids is 1. The Bertz CT molecular complexity index is 1090. The Balaban J connectivity index is 1.96. The van der Waals surface area contributed by atoms with Crippen LogP contribution in [0.25, 0.3) is 10.8 Å². The molecule has 122 valence electrons. The number of ketones is 2. The van der Waals surface area contributed by atoms with Crippen molar-refractivity contribution < 1.29 is 24.2 Å². The van der Waals surface area contributed by atoms with Gasteiger partial charge in [0.2, 0.25) is 0 Å². The molecule has 0 unspecified atom stereocenters. The van der Waals surface area contributed by atoms with E-state index < -0.39 is 5.97 Å². The standard InChI is InChI=1S/C20H12O5/c1-25-13-4-2-10-7-16-17(9-12(10)6-13)19(22)15-8-11(20(23)24)3-5-14(15)18(16)21/h2-9H,1H3,(H,23,24). The van der Waals surface area contributed by atoms with E-state index in [0.717, 1.165) is 10.8 Å². The Morgan fingerprint density at radius 3 is 2.12 bits per heavy atom. The zero-order valence-corrected chi connectivity index (χ0v) is 13.2. The molecule has 5 nitrogen and oxygen atoms in total. The lowest BCUT2D eigenvalue weighted by atomic mass is 9.82. The molecule has 0 saturated carbocycles. The van der Waals surface area contributed by atoms with Crippen molar-refractivity contribution in [2.24, 2.45) is 0 Å². The Hall–Kier alpha value is -3.47. The van der Waals surface area contributed by atoms with Crippen molar-refractivity contribution in [3.63, 3.8) is 0 Å². The van der Waals surface area contributed by atoms with Gasteiger partial charge in [-0.1, -0.05) is 6.07 Å². The number of methoxy groups -OCH3 is 1. The second-order valence-corrected chi connectivity index (χ2v) is 5.83. The fourth-order valence-electron chi connectivity index (χ4n) is 3.13. The molecule has 1 N–H and O–H groups in total. The largest absolute Gasteiger partial charge is 0.497 e. The highest BCUT2D eigenvalue weighted by Crippen LogP contribution is 2.32. The van der Waals surface area contributed by atoms with Crippen LogP contribution in [0.1, 0.15) is 42.2 Å². The SMILES string of the molecule is COc1ccc2cc3c(cc2c1)C(=O)c1cc(C(=O)O)ccc1C3=O. The van der Waals surface area contributed by atoms with Crippen LogP contribution < -0.4 is 4.74 Å². The lowest BCUT2D eigenvalue weighted by Crippen LogP contribution is -2.21. The van der Waals surface area contributed by atoms with Crippen molar-refractivity contribution in [2.45, 2.75) is 0 Å². The molecule has 0 bridgehead atoms. The number of hydrogen-bond donors (Lipinski definition) is 1. The third-order valence-corrected chi connectivity index (χ3v) is 4.43. The molecule has 0 atom stereocenters. The number of aromatic carboxylic acids is 1. The summed E-state index contributed by atoms with van der Waals surface area (Å²) in [6, 6.07) is 12.8. The number of carboxylic acid groups (broad SMARTS) is 1. The summed E-state index contributed by atoms with van der Waals surface area (Å²) in [4.78, 5) is 36.8. The second-order valence-electron chi connectivity index (χ2n) is 5.83. The molecular weight excluding hydrogens is 320 g/mol. The smallest absolute Gasteiger partial charge is 0.335 e. The van der Waals surface area contributed by atoms with Gasteiger partial charge < -0.3 is 9.84 Å². The van der Waals surface area contributed by atoms with Gasteiger partial charge in [0.25, 0.3) is 0 Å². The van der Waals surface area contributed by atoms with E-state index in [0.29, 0.717) is 11.3 Å². The molecule has 5 heteroatoms. The first-order valence-electron chi connectivity index (χ1n) is 7.58. The van der Waals surface area contributed by atoms with E-state index >= 15 is 0 Å². The van der Waals surface area contributed by atoms with E-state index in [2.05, 4.69) is 0 Å². The Labute approximate surface area is 142 Å². The van der Waals surface area contributed by atoms with Crippen LogP contribution in [0.3, 0.4) is 0 Å². The number of rotatable bonds is 2. The average Bonchev–Trinajstić information content (AvgIpc) is 2.63. The molecule has 0 amide bonds. The zero-order chi connectivity index (χ0) is 17.7. The summed E-state index contributed by atoms with van der Waals surface area (Å²) in [5, 5.41) is 10.7. The minimum atomic E-state index is -1.14. The molecule has 0 aliphatic heterocycles. The van der Waals surface area contributed by atoms with Crippen molar-refractivity contribution in [2.75, 3.05) is 7.11 Å². The van der Waals surface area contributed by atoms with Crippen molar-refractivity contribution in [3.05, 3.63) is 76.3 Å². The van der Waals surface area contributed by atoms with E-state index in [1.54, 1.807) is 31.4 Å². The van der Waals surface area contributed by atoms with E-state index in [1.165, 1.54) is 18.2 Å². The van der Waals surface area contributed by atoms with E-state index in [1.807, 2.05) is 6.07 Å². The minimum Gasteiger partial charge on any atom is -0.497 e. The molecule has 0 heterocycles. The number of benzene rings is 3. The summed E-state index contributed by atoms with van der Waals surface area (Å²) >= 11 is 0. The van der Waals surface area contributed by atoms with Crippen LogP contribution in [0.15, 0.2) is 48.5 Å². The number of hydrogen-bond acceptors (Lipinski definition) is 4. The summed E-state index contributed by atoms with van der Waals surface area (Å²) < 4.78 is 5.20. The van der Waals surface area contributed by atoms with Crippen molar-refractivity contribution in [1.82, 2.24) is 0 Å². The van der Waals surface area contributed by atoms with Crippen LogP contribution in [0, 0.1) is 0 Å². The lowest BCUT2D eigenvalue weighted by Gasteiger charge is -2.18. The second kappa shape index (κ2) is 5.27. The molecule has 3 aromatic rings. The third kappa shape index (κ3) is 2.21. The first kappa shape index (κ1) is 15.1. The number of fused-ring (bicyclic) bond motifs is 3. The van der Waals surface area contributed by atoms with Gasteiger partial charge in [0, 0.05) is 22.3 Å². The molecule has 1 aliphatic rings. The summed E-state index contributed by atoms with van der Waals surface area (Å²) in [5.74, 6) is -1.12. The van der Waals surface area contributed by atoms with Gasteiger partial charge >= 0.3 is 5.97 Å². The molecule has 4 rings (SSSR count). The molecule has 0 fully saturated rings. The molecule has 0 radical (unpaired) electrons. The van der Waals surface area contributed by atoms with Gasteiger partial charge in [-0.2, -0.15) is 0 Å². The molecule has 3 aromatic carbocycles. The molecule has 25 heavy (non-hydrogen) atoms. The molecule has 0 saturated heterocycles.